The molecule has 0 spiro atoms. The van der Waals surface area contributed by atoms with E-state index in [-0.39, 0.29) is 0 Å². The number of aryl methyl sites for hydroxylation is 1. The minimum atomic E-state index is 0.461. The SMILES string of the molecule is Cc1cc(Cl)ccc1CNC1CCSc2ccccc21. The van der Waals surface area contributed by atoms with Gasteiger partial charge in [-0.1, -0.05) is 35.9 Å². The third kappa shape index (κ3) is 3.03. The van der Waals surface area contributed by atoms with Crippen LogP contribution >= 0.6 is 23.4 Å². The van der Waals surface area contributed by atoms with Crippen LogP contribution in [0.5, 0.6) is 0 Å². The van der Waals surface area contributed by atoms with E-state index in [1.807, 2.05) is 23.9 Å². The zero-order valence-electron chi connectivity index (χ0n) is 11.5. The molecule has 0 radical (unpaired) electrons. The third-order valence-electron chi connectivity index (χ3n) is 3.80. The molecule has 3 rings (SSSR count). The number of rotatable bonds is 3. The summed E-state index contributed by atoms with van der Waals surface area (Å²) in [5.74, 6) is 1.19. The zero-order valence-corrected chi connectivity index (χ0v) is 13.1. The molecule has 1 atom stereocenters. The van der Waals surface area contributed by atoms with Crippen molar-refractivity contribution in [2.45, 2.75) is 30.8 Å². The molecule has 0 amide bonds. The lowest BCUT2D eigenvalue weighted by Gasteiger charge is -2.26. The third-order valence-corrected chi connectivity index (χ3v) is 5.16. The van der Waals surface area contributed by atoms with Gasteiger partial charge in [0.2, 0.25) is 0 Å². The molecule has 1 heterocycles. The van der Waals surface area contributed by atoms with Crippen molar-refractivity contribution in [3.8, 4) is 0 Å². The summed E-state index contributed by atoms with van der Waals surface area (Å²) in [7, 11) is 0. The Balaban J connectivity index is 1.73. The molecule has 1 unspecified atom stereocenters. The van der Waals surface area contributed by atoms with Gasteiger partial charge in [-0.25, -0.2) is 0 Å². The van der Waals surface area contributed by atoms with Crippen LogP contribution in [0.3, 0.4) is 0 Å². The second-order valence-electron chi connectivity index (χ2n) is 5.18. The summed E-state index contributed by atoms with van der Waals surface area (Å²) < 4.78 is 0. The van der Waals surface area contributed by atoms with Gasteiger partial charge in [0.1, 0.15) is 0 Å². The van der Waals surface area contributed by atoms with Crippen molar-refractivity contribution in [1.29, 1.82) is 0 Å². The van der Waals surface area contributed by atoms with Crippen molar-refractivity contribution in [2.24, 2.45) is 0 Å². The summed E-state index contributed by atoms with van der Waals surface area (Å²) in [5, 5.41) is 4.51. The Morgan fingerprint density at radius 3 is 2.95 bits per heavy atom. The largest absolute Gasteiger partial charge is 0.306 e. The predicted octanol–water partition coefficient (Wildman–Crippen LogP) is 4.98. The monoisotopic (exact) mass is 303 g/mol. The lowest BCUT2D eigenvalue weighted by molar-refractivity contribution is 0.509. The molecule has 1 aliphatic heterocycles. The summed E-state index contributed by atoms with van der Waals surface area (Å²) >= 11 is 7.97. The number of halogens is 1. The van der Waals surface area contributed by atoms with E-state index in [2.05, 4.69) is 42.6 Å². The van der Waals surface area contributed by atoms with Crippen LogP contribution in [0.15, 0.2) is 47.4 Å². The van der Waals surface area contributed by atoms with Crippen LogP contribution in [-0.2, 0) is 6.54 Å². The van der Waals surface area contributed by atoms with E-state index in [1.165, 1.54) is 33.8 Å². The molecule has 0 bridgehead atoms. The van der Waals surface area contributed by atoms with Crippen LogP contribution in [0.2, 0.25) is 5.02 Å². The highest BCUT2D eigenvalue weighted by atomic mass is 35.5. The highest BCUT2D eigenvalue weighted by Gasteiger charge is 2.19. The topological polar surface area (TPSA) is 12.0 Å². The fourth-order valence-corrected chi connectivity index (χ4v) is 4.00. The maximum atomic E-state index is 6.01. The highest BCUT2D eigenvalue weighted by Crippen LogP contribution is 2.36. The van der Waals surface area contributed by atoms with Gasteiger partial charge in [-0.2, -0.15) is 0 Å². The van der Waals surface area contributed by atoms with Gasteiger partial charge in [-0.15, -0.1) is 11.8 Å². The Labute approximate surface area is 129 Å². The van der Waals surface area contributed by atoms with Crippen molar-refractivity contribution < 1.29 is 0 Å². The molecule has 2 aromatic rings. The van der Waals surface area contributed by atoms with Gasteiger partial charge in [-0.05, 0) is 54.0 Å². The molecule has 0 saturated carbocycles. The van der Waals surface area contributed by atoms with Crippen LogP contribution in [0, 0.1) is 6.92 Å². The molecule has 0 aromatic heterocycles. The first-order chi connectivity index (χ1) is 9.74. The quantitative estimate of drug-likeness (QED) is 0.858. The van der Waals surface area contributed by atoms with Crippen LogP contribution in [0.1, 0.15) is 29.2 Å². The smallest absolute Gasteiger partial charge is 0.0408 e. The van der Waals surface area contributed by atoms with E-state index < -0.39 is 0 Å². The summed E-state index contributed by atoms with van der Waals surface area (Å²) in [6.45, 7) is 3.01. The average Bonchev–Trinajstić information content (AvgIpc) is 2.46. The summed E-state index contributed by atoms with van der Waals surface area (Å²) in [4.78, 5) is 1.42. The van der Waals surface area contributed by atoms with Gasteiger partial charge < -0.3 is 5.32 Å². The Hall–Kier alpha value is -0.960. The Kier molecular flexibility index (Phi) is 4.35. The van der Waals surface area contributed by atoms with Crippen LogP contribution in [-0.4, -0.2) is 5.75 Å². The number of hydrogen-bond acceptors (Lipinski definition) is 2. The van der Waals surface area contributed by atoms with Gasteiger partial charge >= 0.3 is 0 Å². The van der Waals surface area contributed by atoms with Crippen molar-refractivity contribution in [1.82, 2.24) is 5.32 Å². The maximum absolute atomic E-state index is 6.01. The van der Waals surface area contributed by atoms with Gasteiger partial charge in [0, 0.05) is 22.5 Å². The molecule has 2 aromatic carbocycles. The molecule has 1 aliphatic rings. The number of nitrogens with one attached hydrogen (secondary N) is 1. The lowest BCUT2D eigenvalue weighted by Crippen LogP contribution is -2.24. The molecule has 0 fully saturated rings. The van der Waals surface area contributed by atoms with Crippen molar-refractivity contribution >= 4 is 23.4 Å². The van der Waals surface area contributed by atoms with Crippen molar-refractivity contribution in [3.05, 3.63) is 64.2 Å². The van der Waals surface area contributed by atoms with Crippen LogP contribution < -0.4 is 5.32 Å². The lowest BCUT2D eigenvalue weighted by atomic mass is 10.0. The number of benzene rings is 2. The molecule has 104 valence electrons. The molecule has 0 saturated heterocycles. The zero-order chi connectivity index (χ0) is 13.9. The number of hydrogen-bond donors (Lipinski definition) is 1. The normalized spacial score (nSPS) is 17.8. The molecule has 20 heavy (non-hydrogen) atoms. The molecule has 1 N–H and O–H groups in total. The Morgan fingerprint density at radius 2 is 2.10 bits per heavy atom. The van der Waals surface area contributed by atoms with Gasteiger partial charge in [0.05, 0.1) is 0 Å². The van der Waals surface area contributed by atoms with E-state index in [0.717, 1.165) is 11.6 Å². The molecule has 0 aliphatic carbocycles. The molecular weight excluding hydrogens is 286 g/mol. The minimum Gasteiger partial charge on any atom is -0.306 e. The summed E-state index contributed by atoms with van der Waals surface area (Å²) in [6, 6.07) is 15.3. The number of thioether (sulfide) groups is 1. The predicted molar refractivity (Wildman–Crippen MR) is 87.6 cm³/mol. The van der Waals surface area contributed by atoms with E-state index in [9.17, 15) is 0 Å². The number of fused-ring (bicyclic) bond motifs is 1. The minimum absolute atomic E-state index is 0.461. The van der Waals surface area contributed by atoms with Gasteiger partial charge in [-0.3, -0.25) is 0 Å². The standard InChI is InChI=1S/C17H18ClNS/c1-12-10-14(18)7-6-13(12)11-19-16-8-9-20-17-5-3-2-4-15(16)17/h2-7,10,16,19H,8-9,11H2,1H3. The summed E-state index contributed by atoms with van der Waals surface area (Å²) in [5.41, 5.74) is 4.02. The summed E-state index contributed by atoms with van der Waals surface area (Å²) in [6.07, 6.45) is 1.19. The van der Waals surface area contributed by atoms with Crippen molar-refractivity contribution in [3.63, 3.8) is 0 Å². The Morgan fingerprint density at radius 1 is 1.25 bits per heavy atom. The fourth-order valence-electron chi connectivity index (χ4n) is 2.64. The average molecular weight is 304 g/mol. The van der Waals surface area contributed by atoms with E-state index in [0.29, 0.717) is 6.04 Å². The van der Waals surface area contributed by atoms with E-state index >= 15 is 0 Å². The Bertz CT molecular complexity index is 612. The van der Waals surface area contributed by atoms with Crippen LogP contribution in [0.4, 0.5) is 0 Å². The molecule has 1 nitrogen and oxygen atoms in total. The highest BCUT2D eigenvalue weighted by molar-refractivity contribution is 7.99. The van der Waals surface area contributed by atoms with E-state index in [4.69, 9.17) is 11.6 Å². The first-order valence-electron chi connectivity index (χ1n) is 6.94. The first-order valence-corrected chi connectivity index (χ1v) is 8.30. The molecule has 3 heteroatoms. The van der Waals surface area contributed by atoms with E-state index in [1.54, 1.807) is 0 Å². The first kappa shape index (κ1) is 14.0. The molecular formula is C17H18ClNS. The van der Waals surface area contributed by atoms with Gasteiger partial charge in [0.15, 0.2) is 0 Å². The van der Waals surface area contributed by atoms with Crippen LogP contribution in [0.25, 0.3) is 0 Å². The second-order valence-corrected chi connectivity index (χ2v) is 6.75. The fraction of sp³-hybridized carbons (Fsp3) is 0.294. The van der Waals surface area contributed by atoms with Gasteiger partial charge in [0.25, 0.3) is 0 Å². The second kappa shape index (κ2) is 6.21. The van der Waals surface area contributed by atoms with Crippen molar-refractivity contribution in [2.75, 3.05) is 5.75 Å². The maximum Gasteiger partial charge on any atom is 0.0408 e.